The zero-order chi connectivity index (χ0) is 17.9. The maximum atomic E-state index is 12.3. The number of Topliss-reactive ketones (excluding diaryl/α,β-unsaturated/α-hetero) is 1. The van der Waals surface area contributed by atoms with Gasteiger partial charge < -0.3 is 9.64 Å². The SMILES string of the molecule is CCCCC(=O)c1ccc(N2c3ccccc3Oc3ccccc32)cc1. The lowest BCUT2D eigenvalue weighted by Gasteiger charge is -2.32. The van der Waals surface area contributed by atoms with E-state index in [1.165, 1.54) is 0 Å². The number of fused-ring (bicyclic) bond motifs is 2. The molecule has 0 atom stereocenters. The highest BCUT2D eigenvalue weighted by Gasteiger charge is 2.25. The molecule has 0 unspecified atom stereocenters. The zero-order valence-corrected chi connectivity index (χ0v) is 14.8. The third kappa shape index (κ3) is 2.97. The normalized spacial score (nSPS) is 12.1. The first kappa shape index (κ1) is 16.4. The van der Waals surface area contributed by atoms with Crippen LogP contribution < -0.4 is 9.64 Å². The van der Waals surface area contributed by atoms with Crippen molar-refractivity contribution < 1.29 is 9.53 Å². The molecular formula is C23H21NO2. The van der Waals surface area contributed by atoms with Crippen LogP contribution in [0, 0.1) is 0 Å². The number of unbranched alkanes of at least 4 members (excludes halogenated alkanes) is 1. The molecule has 26 heavy (non-hydrogen) atoms. The van der Waals surface area contributed by atoms with Gasteiger partial charge in [0.25, 0.3) is 0 Å². The van der Waals surface area contributed by atoms with Crippen molar-refractivity contribution in [3.8, 4) is 11.5 Å². The molecule has 0 aromatic heterocycles. The van der Waals surface area contributed by atoms with Crippen LogP contribution in [0.25, 0.3) is 0 Å². The van der Waals surface area contributed by atoms with Gasteiger partial charge in [-0.2, -0.15) is 0 Å². The summed E-state index contributed by atoms with van der Waals surface area (Å²) in [6.07, 6.45) is 2.58. The topological polar surface area (TPSA) is 29.5 Å². The molecule has 0 fully saturated rings. The largest absolute Gasteiger partial charge is 0.453 e. The number of carbonyl (C=O) groups is 1. The van der Waals surface area contributed by atoms with E-state index >= 15 is 0 Å². The third-order valence-corrected chi connectivity index (χ3v) is 4.64. The molecule has 0 aliphatic carbocycles. The summed E-state index contributed by atoms with van der Waals surface area (Å²) in [6, 6.07) is 23.9. The van der Waals surface area contributed by atoms with Crippen LogP contribution in [-0.2, 0) is 0 Å². The van der Waals surface area contributed by atoms with E-state index in [4.69, 9.17) is 4.74 Å². The number of hydrogen-bond donors (Lipinski definition) is 0. The second kappa shape index (κ2) is 7.04. The number of ketones is 1. The van der Waals surface area contributed by atoms with Crippen molar-refractivity contribution in [1.82, 2.24) is 0 Å². The molecular weight excluding hydrogens is 322 g/mol. The Morgan fingerprint density at radius 1 is 0.846 bits per heavy atom. The summed E-state index contributed by atoms with van der Waals surface area (Å²) in [5.74, 6) is 1.87. The Bertz CT molecular complexity index is 885. The van der Waals surface area contributed by atoms with Gasteiger partial charge in [0.05, 0.1) is 11.4 Å². The highest BCUT2D eigenvalue weighted by Crippen LogP contribution is 2.49. The van der Waals surface area contributed by atoms with Crippen molar-refractivity contribution in [2.45, 2.75) is 26.2 Å². The second-order valence-corrected chi connectivity index (χ2v) is 6.45. The summed E-state index contributed by atoms with van der Waals surface area (Å²) >= 11 is 0. The Balaban J connectivity index is 1.73. The lowest BCUT2D eigenvalue weighted by Crippen LogP contribution is -2.15. The van der Waals surface area contributed by atoms with Gasteiger partial charge in [-0.05, 0) is 55.0 Å². The summed E-state index contributed by atoms with van der Waals surface area (Å²) in [4.78, 5) is 14.4. The van der Waals surface area contributed by atoms with E-state index in [9.17, 15) is 4.79 Å². The molecule has 3 nitrogen and oxygen atoms in total. The Morgan fingerprint density at radius 2 is 1.42 bits per heavy atom. The Hall–Kier alpha value is -3.07. The van der Waals surface area contributed by atoms with Crippen molar-refractivity contribution in [2.24, 2.45) is 0 Å². The van der Waals surface area contributed by atoms with Gasteiger partial charge >= 0.3 is 0 Å². The van der Waals surface area contributed by atoms with Crippen molar-refractivity contribution >= 4 is 22.8 Å². The van der Waals surface area contributed by atoms with Gasteiger partial charge in [-0.15, -0.1) is 0 Å². The minimum atomic E-state index is 0.209. The number of benzene rings is 3. The minimum absolute atomic E-state index is 0.209. The Labute approximate surface area is 153 Å². The van der Waals surface area contributed by atoms with Crippen LogP contribution in [-0.4, -0.2) is 5.78 Å². The first-order chi connectivity index (χ1) is 12.8. The Morgan fingerprint density at radius 3 is 2.00 bits per heavy atom. The molecule has 0 saturated carbocycles. The average Bonchev–Trinajstić information content (AvgIpc) is 2.70. The number of rotatable bonds is 5. The van der Waals surface area contributed by atoms with Gasteiger partial charge in [-0.1, -0.05) is 37.6 Å². The fourth-order valence-electron chi connectivity index (χ4n) is 3.26. The molecule has 0 N–H and O–H groups in total. The maximum absolute atomic E-state index is 12.3. The molecule has 1 aliphatic rings. The summed E-state index contributed by atoms with van der Waals surface area (Å²) in [5.41, 5.74) is 3.78. The lowest BCUT2D eigenvalue weighted by molar-refractivity contribution is 0.0980. The van der Waals surface area contributed by atoms with Gasteiger partial charge in [0.15, 0.2) is 17.3 Å². The molecule has 0 saturated heterocycles. The first-order valence-electron chi connectivity index (χ1n) is 9.07. The first-order valence-corrected chi connectivity index (χ1v) is 9.07. The van der Waals surface area contributed by atoms with Crippen LogP contribution in [0.3, 0.4) is 0 Å². The fraction of sp³-hybridized carbons (Fsp3) is 0.174. The summed E-state index contributed by atoms with van der Waals surface area (Å²) < 4.78 is 6.04. The van der Waals surface area contributed by atoms with Crippen molar-refractivity contribution in [2.75, 3.05) is 4.90 Å². The van der Waals surface area contributed by atoms with Gasteiger partial charge in [0, 0.05) is 17.7 Å². The monoisotopic (exact) mass is 343 g/mol. The average molecular weight is 343 g/mol. The molecule has 3 heteroatoms. The molecule has 0 bridgehead atoms. The molecule has 0 spiro atoms. The zero-order valence-electron chi connectivity index (χ0n) is 14.8. The van der Waals surface area contributed by atoms with E-state index in [2.05, 4.69) is 11.8 Å². The predicted octanol–water partition coefficient (Wildman–Crippen LogP) is 6.64. The van der Waals surface area contributed by atoms with Crippen molar-refractivity contribution in [3.63, 3.8) is 0 Å². The smallest absolute Gasteiger partial charge is 0.162 e. The van der Waals surface area contributed by atoms with Crippen LogP contribution >= 0.6 is 0 Å². The lowest BCUT2D eigenvalue weighted by atomic mass is 10.0. The summed E-state index contributed by atoms with van der Waals surface area (Å²) in [7, 11) is 0. The number of para-hydroxylation sites is 4. The molecule has 0 radical (unpaired) electrons. The quantitative estimate of drug-likeness (QED) is 0.381. The van der Waals surface area contributed by atoms with Gasteiger partial charge in [0.1, 0.15) is 0 Å². The van der Waals surface area contributed by atoms with Crippen LogP contribution in [0.2, 0.25) is 0 Å². The molecule has 130 valence electrons. The number of hydrogen-bond acceptors (Lipinski definition) is 3. The molecule has 1 heterocycles. The van der Waals surface area contributed by atoms with E-state index < -0.39 is 0 Å². The standard InChI is InChI=1S/C23H21NO2/c1-2-3-10-21(25)17-13-15-18(16-14-17)24-19-8-4-6-11-22(19)26-23-12-7-5-9-20(23)24/h4-9,11-16H,2-3,10H2,1H3. The molecule has 3 aromatic carbocycles. The van der Waals surface area contributed by atoms with E-state index in [1.54, 1.807) is 0 Å². The second-order valence-electron chi connectivity index (χ2n) is 6.45. The molecule has 3 aromatic rings. The van der Waals surface area contributed by atoms with Crippen molar-refractivity contribution in [1.29, 1.82) is 0 Å². The molecule has 1 aliphatic heterocycles. The number of ether oxygens (including phenoxy) is 1. The maximum Gasteiger partial charge on any atom is 0.162 e. The highest BCUT2D eigenvalue weighted by atomic mass is 16.5. The fourth-order valence-corrected chi connectivity index (χ4v) is 3.26. The minimum Gasteiger partial charge on any atom is -0.453 e. The van der Waals surface area contributed by atoms with Gasteiger partial charge in [-0.3, -0.25) is 4.79 Å². The molecule has 4 rings (SSSR count). The predicted molar refractivity (Wildman–Crippen MR) is 105 cm³/mol. The van der Waals surface area contributed by atoms with Gasteiger partial charge in [-0.25, -0.2) is 0 Å². The van der Waals surface area contributed by atoms with Crippen LogP contribution in [0.15, 0.2) is 72.8 Å². The van der Waals surface area contributed by atoms with E-state index in [1.807, 2.05) is 72.8 Å². The number of nitrogens with zero attached hydrogens (tertiary/aromatic N) is 1. The van der Waals surface area contributed by atoms with E-state index in [0.29, 0.717) is 6.42 Å². The number of carbonyl (C=O) groups excluding carboxylic acids is 1. The summed E-state index contributed by atoms with van der Waals surface area (Å²) in [6.45, 7) is 2.10. The summed E-state index contributed by atoms with van der Waals surface area (Å²) in [5, 5.41) is 0. The number of anilines is 3. The van der Waals surface area contributed by atoms with Crippen LogP contribution in [0.4, 0.5) is 17.1 Å². The third-order valence-electron chi connectivity index (χ3n) is 4.64. The Kier molecular flexibility index (Phi) is 4.44. The highest BCUT2D eigenvalue weighted by molar-refractivity contribution is 5.97. The van der Waals surface area contributed by atoms with E-state index in [0.717, 1.165) is 47.0 Å². The van der Waals surface area contributed by atoms with Crippen LogP contribution in [0.5, 0.6) is 11.5 Å². The van der Waals surface area contributed by atoms with Crippen LogP contribution in [0.1, 0.15) is 36.5 Å². The van der Waals surface area contributed by atoms with Crippen molar-refractivity contribution in [3.05, 3.63) is 78.4 Å². The van der Waals surface area contributed by atoms with Gasteiger partial charge in [0.2, 0.25) is 0 Å². The van der Waals surface area contributed by atoms with E-state index in [-0.39, 0.29) is 5.78 Å². The molecule has 0 amide bonds.